The van der Waals surface area contributed by atoms with Crippen molar-refractivity contribution in [3.05, 3.63) is 60.3 Å². The Morgan fingerprint density at radius 3 is 2.66 bits per heavy atom. The molecule has 2 aromatic carbocycles. The molecule has 2 heterocycles. The molecule has 0 bridgehead atoms. The van der Waals surface area contributed by atoms with Gasteiger partial charge in [0.25, 0.3) is 5.91 Å². The maximum atomic E-state index is 13.0. The van der Waals surface area contributed by atoms with Crippen molar-refractivity contribution >= 4 is 40.1 Å². The van der Waals surface area contributed by atoms with E-state index in [0.717, 1.165) is 10.9 Å². The molecule has 0 spiro atoms. The highest BCUT2D eigenvalue weighted by atomic mass is 16.5. The van der Waals surface area contributed by atoms with Crippen LogP contribution in [-0.2, 0) is 20.9 Å². The second kappa shape index (κ2) is 7.43. The van der Waals surface area contributed by atoms with E-state index in [-0.39, 0.29) is 12.5 Å². The van der Waals surface area contributed by atoms with Crippen LogP contribution in [0.25, 0.3) is 10.9 Å². The van der Waals surface area contributed by atoms with Crippen molar-refractivity contribution in [2.45, 2.75) is 26.5 Å². The number of carbonyl (C=O) groups is 3. The lowest BCUT2D eigenvalue weighted by Crippen LogP contribution is -2.47. The largest absolute Gasteiger partial charge is 0.449 e. The molecular weight excluding hydrogens is 370 g/mol. The minimum atomic E-state index is -1.04. The van der Waals surface area contributed by atoms with E-state index in [1.807, 2.05) is 35.8 Å². The number of ether oxygens (including phenoxy) is 1. The summed E-state index contributed by atoms with van der Waals surface area (Å²) in [7, 11) is 0. The molecule has 7 heteroatoms. The van der Waals surface area contributed by atoms with Crippen molar-refractivity contribution in [1.29, 1.82) is 0 Å². The molecule has 0 radical (unpaired) electrons. The molecule has 1 aromatic heterocycles. The predicted octanol–water partition coefficient (Wildman–Crippen LogP) is 3.19. The summed E-state index contributed by atoms with van der Waals surface area (Å²) in [6, 6.07) is 14.6. The maximum Gasteiger partial charge on any atom is 0.341 e. The van der Waals surface area contributed by atoms with Gasteiger partial charge in [-0.25, -0.2) is 4.79 Å². The van der Waals surface area contributed by atoms with Crippen molar-refractivity contribution in [3.8, 4) is 0 Å². The molecule has 0 fully saturated rings. The van der Waals surface area contributed by atoms with Crippen molar-refractivity contribution in [3.63, 3.8) is 0 Å². The molecule has 0 saturated heterocycles. The fourth-order valence-corrected chi connectivity index (χ4v) is 3.59. The van der Waals surface area contributed by atoms with Crippen LogP contribution >= 0.6 is 0 Å². The lowest BCUT2D eigenvalue weighted by atomic mass is 10.1. The van der Waals surface area contributed by atoms with Crippen molar-refractivity contribution in [2.75, 3.05) is 16.8 Å². The zero-order valence-corrected chi connectivity index (χ0v) is 16.2. The van der Waals surface area contributed by atoms with Crippen molar-refractivity contribution in [1.82, 2.24) is 4.57 Å². The van der Waals surface area contributed by atoms with Gasteiger partial charge in [-0.1, -0.05) is 30.3 Å². The number of carbonyl (C=O) groups excluding carboxylic acids is 3. The summed E-state index contributed by atoms with van der Waals surface area (Å²) < 4.78 is 7.45. The average molecular weight is 391 g/mol. The number of benzene rings is 2. The zero-order valence-electron chi connectivity index (χ0n) is 16.2. The topological polar surface area (TPSA) is 80.6 Å². The van der Waals surface area contributed by atoms with E-state index in [9.17, 15) is 14.4 Å². The normalized spacial score (nSPS) is 14.3. The molecule has 7 nitrogen and oxygen atoms in total. The number of anilines is 2. The number of hydrogen-bond acceptors (Lipinski definition) is 4. The Kier molecular flexibility index (Phi) is 4.80. The number of esters is 1. The van der Waals surface area contributed by atoms with Crippen LogP contribution in [0.5, 0.6) is 0 Å². The Labute approximate surface area is 167 Å². The van der Waals surface area contributed by atoms with Gasteiger partial charge in [-0.3, -0.25) is 14.5 Å². The van der Waals surface area contributed by atoms with Crippen LogP contribution in [0.2, 0.25) is 0 Å². The molecule has 29 heavy (non-hydrogen) atoms. The summed E-state index contributed by atoms with van der Waals surface area (Å²) in [5.41, 5.74) is 2.49. The quantitative estimate of drug-likeness (QED) is 0.693. The van der Waals surface area contributed by atoms with Crippen LogP contribution in [0.4, 0.5) is 11.4 Å². The lowest BCUT2D eigenvalue weighted by Gasteiger charge is -2.30. The Hall–Kier alpha value is -3.61. The van der Waals surface area contributed by atoms with E-state index in [2.05, 4.69) is 5.32 Å². The number of aromatic nitrogens is 1. The maximum absolute atomic E-state index is 13.0. The Morgan fingerprint density at radius 2 is 1.86 bits per heavy atom. The highest BCUT2D eigenvalue weighted by Crippen LogP contribution is 2.30. The summed E-state index contributed by atoms with van der Waals surface area (Å²) in [5.74, 6) is -1.30. The van der Waals surface area contributed by atoms with Crippen LogP contribution in [0.1, 0.15) is 24.2 Å². The number of rotatable bonds is 4. The van der Waals surface area contributed by atoms with Crippen LogP contribution in [0, 0.1) is 0 Å². The first kappa shape index (κ1) is 18.7. The van der Waals surface area contributed by atoms with Gasteiger partial charge in [0.1, 0.15) is 6.54 Å². The standard InChI is InChI=1S/C22H21N3O4/c1-3-24-12-16(15-8-4-6-10-18(15)24)22(28)29-14(2)21(27)25-13-20(26)23-17-9-5-7-11-19(17)25/h4-12,14H,3,13H2,1-2H3,(H,23,26). The Balaban J connectivity index is 1.57. The third kappa shape index (κ3) is 3.35. The molecule has 4 rings (SSSR count). The van der Waals surface area contributed by atoms with Crippen LogP contribution < -0.4 is 10.2 Å². The second-order valence-corrected chi connectivity index (χ2v) is 6.88. The minimum absolute atomic E-state index is 0.118. The third-order valence-electron chi connectivity index (χ3n) is 5.02. The highest BCUT2D eigenvalue weighted by molar-refractivity contribution is 6.12. The average Bonchev–Trinajstić information content (AvgIpc) is 3.11. The van der Waals surface area contributed by atoms with Gasteiger partial charge in [0.05, 0.1) is 16.9 Å². The molecule has 1 N–H and O–H groups in total. The van der Waals surface area contributed by atoms with E-state index in [1.165, 1.54) is 11.8 Å². The van der Waals surface area contributed by atoms with Gasteiger partial charge in [0.2, 0.25) is 5.91 Å². The first-order chi connectivity index (χ1) is 14.0. The molecule has 1 unspecified atom stereocenters. The van der Waals surface area contributed by atoms with E-state index < -0.39 is 18.0 Å². The lowest BCUT2D eigenvalue weighted by molar-refractivity contribution is -0.128. The van der Waals surface area contributed by atoms with Crippen molar-refractivity contribution < 1.29 is 19.1 Å². The fraction of sp³-hybridized carbons (Fsp3) is 0.227. The molecule has 0 aliphatic carbocycles. The van der Waals surface area contributed by atoms with E-state index in [1.54, 1.807) is 30.5 Å². The highest BCUT2D eigenvalue weighted by Gasteiger charge is 2.32. The minimum Gasteiger partial charge on any atom is -0.449 e. The van der Waals surface area contributed by atoms with Crippen LogP contribution in [0.3, 0.4) is 0 Å². The SMILES string of the molecule is CCn1cc(C(=O)OC(C)C(=O)N2CC(=O)Nc3ccccc32)c2ccccc21. The van der Waals surface area contributed by atoms with Gasteiger partial charge < -0.3 is 14.6 Å². The smallest absolute Gasteiger partial charge is 0.341 e. The van der Waals surface area contributed by atoms with E-state index >= 15 is 0 Å². The molecule has 1 atom stereocenters. The molecule has 148 valence electrons. The van der Waals surface area contributed by atoms with Crippen LogP contribution in [0.15, 0.2) is 54.7 Å². The molecular formula is C22H21N3O4. The zero-order chi connectivity index (χ0) is 20.5. The number of aryl methyl sites for hydroxylation is 1. The summed E-state index contributed by atoms with van der Waals surface area (Å²) in [4.78, 5) is 39.1. The number of hydrogen-bond donors (Lipinski definition) is 1. The van der Waals surface area contributed by atoms with Gasteiger partial charge in [0.15, 0.2) is 6.10 Å². The molecule has 2 amide bonds. The molecule has 1 aliphatic heterocycles. The number of amides is 2. The van der Waals surface area contributed by atoms with Gasteiger partial charge >= 0.3 is 5.97 Å². The van der Waals surface area contributed by atoms with Crippen LogP contribution in [-0.4, -0.2) is 35.0 Å². The van der Waals surface area contributed by atoms with Gasteiger partial charge in [-0.2, -0.15) is 0 Å². The molecule has 3 aromatic rings. The van der Waals surface area contributed by atoms with Crippen molar-refractivity contribution in [2.24, 2.45) is 0 Å². The van der Waals surface area contributed by atoms with E-state index in [4.69, 9.17) is 4.74 Å². The summed E-state index contributed by atoms with van der Waals surface area (Å²) >= 11 is 0. The van der Waals surface area contributed by atoms with Gasteiger partial charge in [0, 0.05) is 23.6 Å². The summed E-state index contributed by atoms with van der Waals surface area (Å²) in [6.45, 7) is 4.11. The van der Waals surface area contributed by atoms with E-state index in [0.29, 0.717) is 23.5 Å². The monoisotopic (exact) mass is 391 g/mol. The first-order valence-corrected chi connectivity index (χ1v) is 9.48. The second-order valence-electron chi connectivity index (χ2n) is 6.88. The predicted molar refractivity (Wildman–Crippen MR) is 110 cm³/mol. The molecule has 1 aliphatic rings. The first-order valence-electron chi connectivity index (χ1n) is 9.48. The molecule has 0 saturated carbocycles. The fourth-order valence-electron chi connectivity index (χ4n) is 3.59. The number of nitrogens with one attached hydrogen (secondary N) is 1. The number of para-hydroxylation sites is 3. The summed E-state index contributed by atoms with van der Waals surface area (Å²) in [6.07, 6.45) is 0.707. The third-order valence-corrected chi connectivity index (χ3v) is 5.02. The number of nitrogens with zero attached hydrogens (tertiary/aromatic N) is 2. The van der Waals surface area contributed by atoms with Gasteiger partial charge in [-0.05, 0) is 32.0 Å². The Morgan fingerprint density at radius 1 is 1.14 bits per heavy atom. The summed E-state index contributed by atoms with van der Waals surface area (Å²) in [5, 5.41) is 3.52. The van der Waals surface area contributed by atoms with Gasteiger partial charge in [-0.15, -0.1) is 0 Å². The number of fused-ring (bicyclic) bond motifs is 2. The Bertz CT molecular complexity index is 1120.